The molecule has 0 aliphatic carbocycles. The van der Waals surface area contributed by atoms with E-state index in [1.165, 1.54) is 6.07 Å². The Labute approximate surface area is 113 Å². The van der Waals surface area contributed by atoms with Crippen LogP contribution in [0.1, 0.15) is 23.2 Å². The van der Waals surface area contributed by atoms with Gasteiger partial charge >= 0.3 is 11.9 Å². The smallest absolute Gasteiger partial charge is 0.339 e. The van der Waals surface area contributed by atoms with Crippen LogP contribution in [0.2, 0.25) is 0 Å². The standard InChI is InChI=1S/C12H14N2O6/c13-8(3-4-10(16)17)11(18)14-6-1-2-7(12(19)20)9(15)5-6/h1-2,5,8,15H,3-4,13H2,(H,14,18)(H,16,17)(H,19,20). The van der Waals surface area contributed by atoms with Crippen LogP contribution in [-0.2, 0) is 9.59 Å². The van der Waals surface area contributed by atoms with Crippen LogP contribution in [0.25, 0.3) is 0 Å². The van der Waals surface area contributed by atoms with Crippen molar-refractivity contribution >= 4 is 23.5 Å². The molecule has 1 amide bonds. The van der Waals surface area contributed by atoms with Gasteiger partial charge in [-0.15, -0.1) is 0 Å². The van der Waals surface area contributed by atoms with Crippen LogP contribution in [-0.4, -0.2) is 39.2 Å². The van der Waals surface area contributed by atoms with Crippen LogP contribution < -0.4 is 11.1 Å². The molecule has 0 aliphatic heterocycles. The molecule has 20 heavy (non-hydrogen) atoms. The summed E-state index contributed by atoms with van der Waals surface area (Å²) in [5.74, 6) is -3.46. The molecule has 8 heteroatoms. The van der Waals surface area contributed by atoms with Crippen molar-refractivity contribution in [3.05, 3.63) is 23.8 Å². The first-order valence-electron chi connectivity index (χ1n) is 5.66. The lowest BCUT2D eigenvalue weighted by atomic mass is 10.1. The van der Waals surface area contributed by atoms with Crippen molar-refractivity contribution in [2.75, 3.05) is 5.32 Å². The normalized spacial score (nSPS) is 11.7. The first kappa shape index (κ1) is 15.4. The molecule has 0 aromatic heterocycles. The maximum Gasteiger partial charge on any atom is 0.339 e. The van der Waals surface area contributed by atoms with Crippen molar-refractivity contribution in [3.8, 4) is 5.75 Å². The molecule has 1 aromatic rings. The zero-order valence-corrected chi connectivity index (χ0v) is 10.4. The van der Waals surface area contributed by atoms with Crippen molar-refractivity contribution in [2.45, 2.75) is 18.9 Å². The summed E-state index contributed by atoms with van der Waals surface area (Å²) in [6.45, 7) is 0. The second kappa shape index (κ2) is 6.53. The fourth-order valence-corrected chi connectivity index (χ4v) is 1.44. The number of hydrogen-bond donors (Lipinski definition) is 5. The van der Waals surface area contributed by atoms with Crippen LogP contribution >= 0.6 is 0 Å². The van der Waals surface area contributed by atoms with Gasteiger partial charge in [-0.1, -0.05) is 0 Å². The van der Waals surface area contributed by atoms with Crippen molar-refractivity contribution in [2.24, 2.45) is 5.73 Å². The van der Waals surface area contributed by atoms with Gasteiger partial charge in [0.15, 0.2) is 0 Å². The first-order valence-corrected chi connectivity index (χ1v) is 5.66. The molecule has 0 fully saturated rings. The largest absolute Gasteiger partial charge is 0.507 e. The number of carboxylic acids is 2. The Balaban J connectivity index is 2.69. The van der Waals surface area contributed by atoms with E-state index in [-0.39, 0.29) is 24.1 Å². The maximum atomic E-state index is 11.6. The number of carbonyl (C=O) groups is 3. The lowest BCUT2D eigenvalue weighted by Crippen LogP contribution is -2.36. The topological polar surface area (TPSA) is 150 Å². The van der Waals surface area contributed by atoms with Crippen LogP contribution in [0.3, 0.4) is 0 Å². The second-order valence-corrected chi connectivity index (χ2v) is 4.07. The number of nitrogens with two attached hydrogens (primary N) is 1. The number of aromatic hydroxyl groups is 1. The van der Waals surface area contributed by atoms with E-state index in [1.807, 2.05) is 0 Å². The number of rotatable bonds is 6. The van der Waals surface area contributed by atoms with Crippen molar-refractivity contribution in [3.63, 3.8) is 0 Å². The molecule has 1 aromatic carbocycles. The van der Waals surface area contributed by atoms with Crippen LogP contribution in [0.4, 0.5) is 5.69 Å². The van der Waals surface area contributed by atoms with E-state index in [2.05, 4.69) is 5.32 Å². The zero-order chi connectivity index (χ0) is 15.3. The highest BCUT2D eigenvalue weighted by molar-refractivity contribution is 5.96. The number of aliphatic carboxylic acids is 1. The van der Waals surface area contributed by atoms with Crippen LogP contribution in [0, 0.1) is 0 Å². The summed E-state index contributed by atoms with van der Waals surface area (Å²) in [7, 11) is 0. The van der Waals surface area contributed by atoms with E-state index in [0.29, 0.717) is 0 Å². The van der Waals surface area contributed by atoms with Crippen LogP contribution in [0.15, 0.2) is 18.2 Å². The Kier molecular flexibility index (Phi) is 5.04. The van der Waals surface area contributed by atoms with E-state index in [9.17, 15) is 19.5 Å². The van der Waals surface area contributed by atoms with Gasteiger partial charge in [-0.3, -0.25) is 9.59 Å². The number of nitrogens with one attached hydrogen (secondary N) is 1. The molecule has 0 heterocycles. The van der Waals surface area contributed by atoms with Crippen molar-refractivity contribution in [1.29, 1.82) is 0 Å². The van der Waals surface area contributed by atoms with Gasteiger partial charge in [0.1, 0.15) is 11.3 Å². The number of phenols is 1. The number of hydrogen-bond acceptors (Lipinski definition) is 5. The highest BCUT2D eigenvalue weighted by atomic mass is 16.4. The highest BCUT2D eigenvalue weighted by Gasteiger charge is 2.16. The van der Waals surface area contributed by atoms with Gasteiger partial charge in [0.25, 0.3) is 0 Å². The van der Waals surface area contributed by atoms with Crippen molar-refractivity contribution in [1.82, 2.24) is 0 Å². The number of aromatic carboxylic acids is 1. The minimum absolute atomic E-state index is 0.0274. The van der Waals surface area contributed by atoms with Crippen molar-refractivity contribution < 1.29 is 29.7 Å². The minimum atomic E-state index is -1.29. The number of amides is 1. The fourth-order valence-electron chi connectivity index (χ4n) is 1.44. The molecule has 0 spiro atoms. The van der Waals surface area contributed by atoms with Gasteiger partial charge in [-0.05, 0) is 18.6 Å². The molecule has 8 nitrogen and oxygen atoms in total. The lowest BCUT2D eigenvalue weighted by molar-refractivity contribution is -0.137. The second-order valence-electron chi connectivity index (χ2n) is 4.07. The van der Waals surface area contributed by atoms with Gasteiger partial charge in [-0.25, -0.2) is 4.79 Å². The summed E-state index contributed by atoms with van der Waals surface area (Å²) in [4.78, 5) is 32.7. The SMILES string of the molecule is NC(CCC(=O)O)C(=O)Nc1ccc(C(=O)O)c(O)c1. The monoisotopic (exact) mass is 282 g/mol. The molecule has 0 bridgehead atoms. The molecule has 0 saturated carbocycles. The van der Waals surface area contributed by atoms with E-state index >= 15 is 0 Å². The molecule has 1 atom stereocenters. The molecule has 0 radical (unpaired) electrons. The molecular weight excluding hydrogens is 268 g/mol. The van der Waals surface area contributed by atoms with Crippen LogP contribution in [0.5, 0.6) is 5.75 Å². The fraction of sp³-hybridized carbons (Fsp3) is 0.250. The third-order valence-electron chi connectivity index (χ3n) is 2.50. The zero-order valence-electron chi connectivity index (χ0n) is 10.4. The molecule has 0 saturated heterocycles. The number of benzene rings is 1. The van der Waals surface area contributed by atoms with Gasteiger partial charge in [0, 0.05) is 18.2 Å². The van der Waals surface area contributed by atoms with E-state index in [1.54, 1.807) is 0 Å². The quantitative estimate of drug-likeness (QED) is 0.500. The molecule has 6 N–H and O–H groups in total. The van der Waals surface area contributed by atoms with Gasteiger partial charge < -0.3 is 26.4 Å². The lowest BCUT2D eigenvalue weighted by Gasteiger charge is -2.11. The Morgan fingerprint density at radius 2 is 1.90 bits per heavy atom. The predicted octanol–water partition coefficient (Wildman–Crippen LogP) is 0.221. The van der Waals surface area contributed by atoms with Gasteiger partial charge in [-0.2, -0.15) is 0 Å². The Bertz CT molecular complexity index is 543. The predicted molar refractivity (Wildman–Crippen MR) is 68.5 cm³/mol. The number of anilines is 1. The van der Waals surface area contributed by atoms with Gasteiger partial charge in [0.2, 0.25) is 5.91 Å². The summed E-state index contributed by atoms with van der Waals surface area (Å²) >= 11 is 0. The highest BCUT2D eigenvalue weighted by Crippen LogP contribution is 2.22. The van der Waals surface area contributed by atoms with E-state index in [4.69, 9.17) is 15.9 Å². The van der Waals surface area contributed by atoms with E-state index in [0.717, 1.165) is 12.1 Å². The molecule has 108 valence electrons. The molecular formula is C12H14N2O6. The first-order chi connectivity index (χ1) is 9.31. The third-order valence-corrected chi connectivity index (χ3v) is 2.50. The van der Waals surface area contributed by atoms with Gasteiger partial charge in [0.05, 0.1) is 6.04 Å². The Morgan fingerprint density at radius 3 is 2.40 bits per heavy atom. The summed E-state index contributed by atoms with van der Waals surface area (Å²) in [5, 5.41) is 29.0. The molecule has 1 rings (SSSR count). The summed E-state index contributed by atoms with van der Waals surface area (Å²) in [6, 6.07) is 2.50. The minimum Gasteiger partial charge on any atom is -0.507 e. The molecule has 0 aliphatic rings. The summed E-state index contributed by atoms with van der Waals surface area (Å²) in [6.07, 6.45) is -0.266. The average Bonchev–Trinajstić information content (AvgIpc) is 2.35. The summed E-state index contributed by atoms with van der Waals surface area (Å²) < 4.78 is 0. The average molecular weight is 282 g/mol. The number of carbonyl (C=O) groups excluding carboxylic acids is 1. The Hall–Kier alpha value is -2.61. The van der Waals surface area contributed by atoms with E-state index < -0.39 is 29.6 Å². The third kappa shape index (κ3) is 4.25. The summed E-state index contributed by atoms with van der Waals surface area (Å²) in [5.41, 5.74) is 5.37. The Morgan fingerprint density at radius 1 is 1.25 bits per heavy atom. The number of carboxylic acid groups (broad SMARTS) is 2. The molecule has 1 unspecified atom stereocenters. The maximum absolute atomic E-state index is 11.6.